The Hall–Kier alpha value is -2.04. The lowest BCUT2D eigenvalue weighted by Crippen LogP contribution is -2.46. The molecule has 5 nitrogen and oxygen atoms in total. The van der Waals surface area contributed by atoms with Gasteiger partial charge in [-0.25, -0.2) is 4.79 Å². The van der Waals surface area contributed by atoms with Crippen LogP contribution in [0.3, 0.4) is 0 Å². The first-order valence-electron chi connectivity index (χ1n) is 6.22. The van der Waals surface area contributed by atoms with Crippen molar-refractivity contribution in [2.45, 2.75) is 33.4 Å². The second-order valence-electron chi connectivity index (χ2n) is 4.76. The van der Waals surface area contributed by atoms with Crippen LogP contribution >= 0.6 is 0 Å². The van der Waals surface area contributed by atoms with E-state index in [4.69, 9.17) is 5.11 Å². The van der Waals surface area contributed by atoms with Crippen LogP contribution in [0.2, 0.25) is 0 Å². The van der Waals surface area contributed by atoms with Crippen molar-refractivity contribution in [3.63, 3.8) is 0 Å². The molecule has 0 radical (unpaired) electrons. The van der Waals surface area contributed by atoms with E-state index in [1.165, 1.54) is 4.90 Å². The van der Waals surface area contributed by atoms with Crippen LogP contribution in [0.15, 0.2) is 24.3 Å². The van der Waals surface area contributed by atoms with E-state index in [9.17, 15) is 9.59 Å². The number of nitrogens with zero attached hydrogens (tertiary/aromatic N) is 1. The third-order valence-electron chi connectivity index (χ3n) is 2.72. The molecule has 0 atom stereocenters. The van der Waals surface area contributed by atoms with Crippen LogP contribution in [0.25, 0.3) is 0 Å². The van der Waals surface area contributed by atoms with Gasteiger partial charge in [-0.05, 0) is 26.3 Å². The van der Waals surface area contributed by atoms with E-state index >= 15 is 0 Å². The van der Waals surface area contributed by atoms with Gasteiger partial charge in [0.05, 0.1) is 0 Å². The molecule has 1 rings (SSSR count). The SMILES string of the molecule is Cc1cccc(CNC(=O)N(CC(=O)O)C(C)C)c1. The van der Waals surface area contributed by atoms with Crippen LogP contribution in [0.5, 0.6) is 0 Å². The summed E-state index contributed by atoms with van der Waals surface area (Å²) in [5.41, 5.74) is 2.12. The van der Waals surface area contributed by atoms with Gasteiger partial charge in [-0.15, -0.1) is 0 Å². The fraction of sp³-hybridized carbons (Fsp3) is 0.429. The summed E-state index contributed by atoms with van der Waals surface area (Å²) in [6.45, 7) is 5.65. The number of carbonyl (C=O) groups is 2. The van der Waals surface area contributed by atoms with Crippen molar-refractivity contribution < 1.29 is 14.7 Å². The molecule has 0 fully saturated rings. The molecule has 0 aliphatic carbocycles. The molecule has 0 aliphatic rings. The van der Waals surface area contributed by atoms with Gasteiger partial charge in [0.15, 0.2) is 0 Å². The van der Waals surface area contributed by atoms with E-state index in [-0.39, 0.29) is 18.6 Å². The Balaban J connectivity index is 2.59. The lowest BCUT2D eigenvalue weighted by Gasteiger charge is -2.25. The molecule has 1 aromatic carbocycles. The number of carboxylic acid groups (broad SMARTS) is 1. The highest BCUT2D eigenvalue weighted by atomic mass is 16.4. The van der Waals surface area contributed by atoms with Gasteiger partial charge < -0.3 is 15.3 Å². The fourth-order valence-corrected chi connectivity index (χ4v) is 1.74. The zero-order valence-corrected chi connectivity index (χ0v) is 11.5. The molecule has 0 heterocycles. The van der Waals surface area contributed by atoms with Crippen molar-refractivity contribution in [2.75, 3.05) is 6.54 Å². The lowest BCUT2D eigenvalue weighted by atomic mass is 10.1. The molecular weight excluding hydrogens is 244 g/mol. The van der Waals surface area contributed by atoms with Crippen LogP contribution in [-0.4, -0.2) is 34.6 Å². The summed E-state index contributed by atoms with van der Waals surface area (Å²) in [5, 5.41) is 11.5. The van der Waals surface area contributed by atoms with E-state index in [1.54, 1.807) is 13.8 Å². The maximum Gasteiger partial charge on any atom is 0.323 e. The summed E-state index contributed by atoms with van der Waals surface area (Å²) in [7, 11) is 0. The quantitative estimate of drug-likeness (QED) is 0.854. The van der Waals surface area contributed by atoms with Gasteiger partial charge in [0.25, 0.3) is 0 Å². The molecule has 0 saturated carbocycles. The van der Waals surface area contributed by atoms with E-state index in [0.717, 1.165) is 11.1 Å². The maximum absolute atomic E-state index is 11.9. The summed E-state index contributed by atoms with van der Waals surface area (Å²) in [4.78, 5) is 23.9. The number of aryl methyl sites for hydroxylation is 1. The molecule has 5 heteroatoms. The van der Waals surface area contributed by atoms with Crippen LogP contribution in [0, 0.1) is 6.92 Å². The van der Waals surface area contributed by atoms with Gasteiger partial charge in [-0.1, -0.05) is 29.8 Å². The molecule has 0 unspecified atom stereocenters. The minimum Gasteiger partial charge on any atom is -0.480 e. The highest BCUT2D eigenvalue weighted by Crippen LogP contribution is 2.04. The first kappa shape index (κ1) is 15.0. The first-order chi connectivity index (χ1) is 8.90. The Morgan fingerprint density at radius 1 is 1.37 bits per heavy atom. The van der Waals surface area contributed by atoms with E-state index in [0.29, 0.717) is 6.54 Å². The number of amides is 2. The average Bonchev–Trinajstić information content (AvgIpc) is 2.32. The summed E-state index contributed by atoms with van der Waals surface area (Å²) in [5.74, 6) is -1.01. The Bertz CT molecular complexity index is 458. The molecule has 0 saturated heterocycles. The highest BCUT2D eigenvalue weighted by Gasteiger charge is 2.19. The normalized spacial score (nSPS) is 10.3. The Kier molecular flexibility index (Phi) is 5.36. The third-order valence-corrected chi connectivity index (χ3v) is 2.72. The number of urea groups is 1. The molecular formula is C14H20N2O3. The van der Waals surface area contributed by atoms with Gasteiger partial charge in [0, 0.05) is 12.6 Å². The van der Waals surface area contributed by atoms with Crippen LogP contribution < -0.4 is 5.32 Å². The van der Waals surface area contributed by atoms with Crippen molar-refractivity contribution in [2.24, 2.45) is 0 Å². The number of aliphatic carboxylic acids is 1. The molecule has 1 aromatic rings. The summed E-state index contributed by atoms with van der Waals surface area (Å²) in [6.07, 6.45) is 0. The molecule has 0 bridgehead atoms. The Morgan fingerprint density at radius 2 is 2.05 bits per heavy atom. The Labute approximate surface area is 113 Å². The number of nitrogens with one attached hydrogen (secondary N) is 1. The third kappa shape index (κ3) is 4.99. The summed E-state index contributed by atoms with van der Waals surface area (Å²) >= 11 is 0. The van der Waals surface area contributed by atoms with Gasteiger partial charge in [0.1, 0.15) is 6.54 Å². The molecule has 0 aliphatic heterocycles. The van der Waals surface area contributed by atoms with Crippen LogP contribution in [0.4, 0.5) is 4.79 Å². The van der Waals surface area contributed by atoms with E-state index in [2.05, 4.69) is 5.32 Å². The largest absolute Gasteiger partial charge is 0.480 e. The van der Waals surface area contributed by atoms with E-state index in [1.807, 2.05) is 31.2 Å². The summed E-state index contributed by atoms with van der Waals surface area (Å²) < 4.78 is 0. The second-order valence-corrected chi connectivity index (χ2v) is 4.76. The monoisotopic (exact) mass is 264 g/mol. The van der Waals surface area contributed by atoms with Crippen molar-refractivity contribution in [3.8, 4) is 0 Å². The predicted octanol–water partition coefficient (Wildman–Crippen LogP) is 2.00. The standard InChI is InChI=1S/C14H20N2O3/c1-10(2)16(9-13(17)18)14(19)15-8-12-6-4-5-11(3)7-12/h4-7,10H,8-9H2,1-3H3,(H,15,19)(H,17,18). The zero-order valence-electron chi connectivity index (χ0n) is 11.5. The molecule has 104 valence electrons. The van der Waals surface area contributed by atoms with Gasteiger partial charge in [0.2, 0.25) is 0 Å². The molecule has 19 heavy (non-hydrogen) atoms. The van der Waals surface area contributed by atoms with Gasteiger partial charge in [-0.3, -0.25) is 4.79 Å². The number of hydrogen-bond acceptors (Lipinski definition) is 2. The van der Waals surface area contributed by atoms with Crippen LogP contribution in [0.1, 0.15) is 25.0 Å². The molecule has 0 aromatic heterocycles. The van der Waals surface area contributed by atoms with Crippen molar-refractivity contribution in [1.82, 2.24) is 10.2 Å². The molecule has 2 amide bonds. The predicted molar refractivity (Wildman–Crippen MR) is 72.9 cm³/mol. The maximum atomic E-state index is 11.9. The zero-order chi connectivity index (χ0) is 14.4. The van der Waals surface area contributed by atoms with Gasteiger partial charge in [-0.2, -0.15) is 0 Å². The number of carboxylic acids is 1. The van der Waals surface area contributed by atoms with Crippen molar-refractivity contribution in [1.29, 1.82) is 0 Å². The number of hydrogen-bond donors (Lipinski definition) is 2. The number of benzene rings is 1. The lowest BCUT2D eigenvalue weighted by molar-refractivity contribution is -0.138. The van der Waals surface area contributed by atoms with E-state index < -0.39 is 5.97 Å². The average molecular weight is 264 g/mol. The minimum absolute atomic E-state index is 0.159. The number of carbonyl (C=O) groups excluding carboxylic acids is 1. The smallest absolute Gasteiger partial charge is 0.323 e. The van der Waals surface area contributed by atoms with Crippen LogP contribution in [-0.2, 0) is 11.3 Å². The van der Waals surface area contributed by atoms with Crippen molar-refractivity contribution in [3.05, 3.63) is 35.4 Å². The van der Waals surface area contributed by atoms with Gasteiger partial charge >= 0.3 is 12.0 Å². The topological polar surface area (TPSA) is 69.6 Å². The van der Waals surface area contributed by atoms with Crippen molar-refractivity contribution >= 4 is 12.0 Å². The Morgan fingerprint density at radius 3 is 2.58 bits per heavy atom. The molecule has 0 spiro atoms. The second kappa shape index (κ2) is 6.78. The first-order valence-corrected chi connectivity index (χ1v) is 6.22. The number of rotatable bonds is 5. The fourth-order valence-electron chi connectivity index (χ4n) is 1.74. The minimum atomic E-state index is -1.01. The molecule has 2 N–H and O–H groups in total. The highest BCUT2D eigenvalue weighted by molar-refractivity contribution is 5.80. The summed E-state index contributed by atoms with van der Waals surface area (Å²) in [6, 6.07) is 7.29.